The summed E-state index contributed by atoms with van der Waals surface area (Å²) in [6.07, 6.45) is 2.32. The number of methoxy groups -OCH3 is 1. The van der Waals surface area contributed by atoms with Crippen molar-refractivity contribution in [1.82, 2.24) is 5.32 Å². The summed E-state index contributed by atoms with van der Waals surface area (Å²) in [5, 5.41) is 5.58. The van der Waals surface area contributed by atoms with E-state index in [1.165, 1.54) is 15.8 Å². The van der Waals surface area contributed by atoms with E-state index in [1.54, 1.807) is 18.4 Å². The van der Waals surface area contributed by atoms with Crippen molar-refractivity contribution in [2.24, 2.45) is 0 Å². The van der Waals surface area contributed by atoms with Crippen molar-refractivity contribution in [2.75, 3.05) is 20.3 Å². The second-order valence-electron chi connectivity index (χ2n) is 3.14. The normalized spacial score (nSPS) is 10.7. The maximum absolute atomic E-state index is 4.98. The standard InChI is InChI=1S/C10H16BrNOS/c1-13-5-3-2-4-12-7-9-6-10(11)14-8-9/h6,8,12H,2-5,7H2,1H3. The van der Waals surface area contributed by atoms with E-state index in [1.807, 2.05) is 0 Å². The molecule has 0 aliphatic carbocycles. The fourth-order valence-corrected chi connectivity index (χ4v) is 2.38. The van der Waals surface area contributed by atoms with Gasteiger partial charge in [0.05, 0.1) is 3.79 Å². The lowest BCUT2D eigenvalue weighted by Crippen LogP contribution is -2.14. The second kappa shape index (κ2) is 7.40. The predicted octanol–water partition coefficient (Wildman–Crippen LogP) is 3.03. The van der Waals surface area contributed by atoms with Crippen LogP contribution in [0.3, 0.4) is 0 Å². The SMILES string of the molecule is COCCCCNCc1csc(Br)c1. The van der Waals surface area contributed by atoms with Gasteiger partial charge in [0, 0.05) is 20.3 Å². The monoisotopic (exact) mass is 277 g/mol. The quantitative estimate of drug-likeness (QED) is 0.774. The molecule has 14 heavy (non-hydrogen) atoms. The first-order chi connectivity index (χ1) is 6.83. The molecule has 2 nitrogen and oxygen atoms in total. The first kappa shape index (κ1) is 12.2. The van der Waals surface area contributed by atoms with Crippen molar-refractivity contribution in [3.8, 4) is 0 Å². The minimum Gasteiger partial charge on any atom is -0.385 e. The third-order valence-electron chi connectivity index (χ3n) is 1.90. The van der Waals surface area contributed by atoms with Crippen molar-refractivity contribution in [1.29, 1.82) is 0 Å². The van der Waals surface area contributed by atoms with Crippen LogP contribution in [0, 0.1) is 0 Å². The van der Waals surface area contributed by atoms with E-state index in [-0.39, 0.29) is 0 Å². The molecule has 0 spiro atoms. The van der Waals surface area contributed by atoms with Gasteiger partial charge in [0.25, 0.3) is 0 Å². The summed E-state index contributed by atoms with van der Waals surface area (Å²) in [5.74, 6) is 0. The number of rotatable bonds is 7. The Bertz CT molecular complexity index is 252. The third kappa shape index (κ3) is 5.10. The van der Waals surface area contributed by atoms with Crippen molar-refractivity contribution < 1.29 is 4.74 Å². The maximum Gasteiger partial charge on any atom is 0.0701 e. The molecule has 1 aromatic rings. The second-order valence-corrected chi connectivity index (χ2v) is 5.43. The molecule has 1 heterocycles. The van der Waals surface area contributed by atoms with Gasteiger partial charge in [0.2, 0.25) is 0 Å². The minimum absolute atomic E-state index is 0.867. The maximum atomic E-state index is 4.98. The molecule has 80 valence electrons. The van der Waals surface area contributed by atoms with Crippen LogP contribution in [-0.2, 0) is 11.3 Å². The average Bonchev–Trinajstić information content (AvgIpc) is 2.58. The van der Waals surface area contributed by atoms with Crippen LogP contribution in [0.25, 0.3) is 0 Å². The molecule has 0 bridgehead atoms. The van der Waals surface area contributed by atoms with E-state index >= 15 is 0 Å². The number of thiophene rings is 1. The van der Waals surface area contributed by atoms with Gasteiger partial charge in [-0.15, -0.1) is 11.3 Å². The first-order valence-electron chi connectivity index (χ1n) is 4.75. The smallest absolute Gasteiger partial charge is 0.0701 e. The molecule has 0 amide bonds. The summed E-state index contributed by atoms with van der Waals surface area (Å²) >= 11 is 5.18. The minimum atomic E-state index is 0.867. The molecule has 0 fully saturated rings. The summed E-state index contributed by atoms with van der Waals surface area (Å²) in [6.45, 7) is 2.90. The Labute approximate surface area is 97.8 Å². The van der Waals surface area contributed by atoms with Gasteiger partial charge in [-0.25, -0.2) is 0 Å². The number of halogens is 1. The van der Waals surface area contributed by atoms with E-state index in [0.29, 0.717) is 0 Å². The highest BCUT2D eigenvalue weighted by atomic mass is 79.9. The van der Waals surface area contributed by atoms with Gasteiger partial charge in [-0.1, -0.05) is 0 Å². The van der Waals surface area contributed by atoms with Crippen molar-refractivity contribution >= 4 is 27.3 Å². The number of nitrogens with one attached hydrogen (secondary N) is 1. The Balaban J connectivity index is 1.99. The van der Waals surface area contributed by atoms with Crippen molar-refractivity contribution in [3.63, 3.8) is 0 Å². The zero-order chi connectivity index (χ0) is 10.2. The van der Waals surface area contributed by atoms with Gasteiger partial charge in [-0.05, 0) is 52.3 Å². The van der Waals surface area contributed by atoms with Crippen molar-refractivity contribution in [2.45, 2.75) is 19.4 Å². The largest absolute Gasteiger partial charge is 0.385 e. The third-order valence-corrected chi connectivity index (χ3v) is 3.46. The Morgan fingerprint density at radius 3 is 3.00 bits per heavy atom. The van der Waals surface area contributed by atoms with E-state index in [4.69, 9.17) is 4.74 Å². The topological polar surface area (TPSA) is 21.3 Å². The summed E-state index contributed by atoms with van der Waals surface area (Å²) in [5.41, 5.74) is 1.36. The number of hydrogen-bond donors (Lipinski definition) is 1. The van der Waals surface area contributed by atoms with Crippen LogP contribution in [0.4, 0.5) is 0 Å². The highest BCUT2D eigenvalue weighted by molar-refractivity contribution is 9.11. The molecule has 4 heteroatoms. The van der Waals surface area contributed by atoms with Gasteiger partial charge in [-0.2, -0.15) is 0 Å². The van der Waals surface area contributed by atoms with Crippen LogP contribution in [-0.4, -0.2) is 20.3 Å². The summed E-state index contributed by atoms with van der Waals surface area (Å²) < 4.78 is 6.18. The Kier molecular flexibility index (Phi) is 6.43. The lowest BCUT2D eigenvalue weighted by molar-refractivity contribution is 0.192. The highest BCUT2D eigenvalue weighted by Gasteiger charge is 1.95. The zero-order valence-corrected chi connectivity index (χ0v) is 10.8. The molecular weight excluding hydrogens is 262 g/mol. The average molecular weight is 278 g/mol. The predicted molar refractivity (Wildman–Crippen MR) is 64.8 cm³/mol. The molecule has 0 unspecified atom stereocenters. The van der Waals surface area contributed by atoms with E-state index in [2.05, 4.69) is 32.7 Å². The molecule has 0 atom stereocenters. The summed E-state index contributed by atoms with van der Waals surface area (Å²) in [6, 6.07) is 2.16. The van der Waals surface area contributed by atoms with Crippen LogP contribution in [0.15, 0.2) is 15.2 Å². The van der Waals surface area contributed by atoms with Gasteiger partial charge in [0.15, 0.2) is 0 Å². The fourth-order valence-electron chi connectivity index (χ4n) is 1.17. The van der Waals surface area contributed by atoms with E-state index in [0.717, 1.165) is 26.1 Å². The molecule has 0 aromatic carbocycles. The lowest BCUT2D eigenvalue weighted by Gasteiger charge is -2.02. The molecule has 0 saturated heterocycles. The Hall–Kier alpha value is 0.100. The number of ether oxygens (including phenoxy) is 1. The Morgan fingerprint density at radius 2 is 2.36 bits per heavy atom. The first-order valence-corrected chi connectivity index (χ1v) is 6.43. The lowest BCUT2D eigenvalue weighted by atomic mass is 10.3. The van der Waals surface area contributed by atoms with Crippen LogP contribution in [0.5, 0.6) is 0 Å². The number of unbranched alkanes of at least 4 members (excludes halogenated alkanes) is 1. The molecule has 1 N–H and O–H groups in total. The van der Waals surface area contributed by atoms with Crippen LogP contribution >= 0.6 is 27.3 Å². The van der Waals surface area contributed by atoms with Crippen LogP contribution < -0.4 is 5.32 Å². The molecule has 0 aliphatic rings. The molecule has 0 aliphatic heterocycles. The van der Waals surface area contributed by atoms with Gasteiger partial charge in [-0.3, -0.25) is 0 Å². The summed E-state index contributed by atoms with van der Waals surface area (Å²) in [4.78, 5) is 0. The van der Waals surface area contributed by atoms with E-state index in [9.17, 15) is 0 Å². The van der Waals surface area contributed by atoms with Crippen LogP contribution in [0.1, 0.15) is 18.4 Å². The fraction of sp³-hybridized carbons (Fsp3) is 0.600. The molecular formula is C10H16BrNOS. The van der Waals surface area contributed by atoms with Gasteiger partial charge in [0.1, 0.15) is 0 Å². The summed E-state index contributed by atoms with van der Waals surface area (Å²) in [7, 11) is 1.75. The molecule has 0 radical (unpaired) electrons. The molecule has 0 saturated carbocycles. The van der Waals surface area contributed by atoms with Crippen molar-refractivity contribution in [3.05, 3.63) is 20.8 Å². The number of hydrogen-bond acceptors (Lipinski definition) is 3. The van der Waals surface area contributed by atoms with E-state index < -0.39 is 0 Å². The Morgan fingerprint density at radius 1 is 1.50 bits per heavy atom. The van der Waals surface area contributed by atoms with Gasteiger partial charge < -0.3 is 10.1 Å². The molecule has 1 rings (SSSR count). The van der Waals surface area contributed by atoms with Crippen LogP contribution in [0.2, 0.25) is 0 Å². The van der Waals surface area contributed by atoms with Gasteiger partial charge >= 0.3 is 0 Å². The highest BCUT2D eigenvalue weighted by Crippen LogP contribution is 2.20. The zero-order valence-electron chi connectivity index (χ0n) is 8.38. The molecule has 1 aromatic heterocycles.